The number of carbonyl (C=O) groups is 2. The summed E-state index contributed by atoms with van der Waals surface area (Å²) in [6.45, 7) is -0.413. The minimum atomic E-state index is -0.665. The molecule has 0 heterocycles. The lowest BCUT2D eigenvalue weighted by atomic mass is 10.1. The van der Waals surface area contributed by atoms with E-state index >= 15 is 0 Å². The van der Waals surface area contributed by atoms with Crippen molar-refractivity contribution in [2.45, 2.75) is 0 Å². The van der Waals surface area contributed by atoms with E-state index < -0.39 is 12.6 Å². The van der Waals surface area contributed by atoms with Crippen LogP contribution in [-0.2, 0) is 4.74 Å². The van der Waals surface area contributed by atoms with Gasteiger partial charge in [0.15, 0.2) is 12.4 Å². The molecule has 5 nitrogen and oxygen atoms in total. The molecule has 23 heavy (non-hydrogen) atoms. The second-order valence-electron chi connectivity index (χ2n) is 4.58. The predicted molar refractivity (Wildman–Crippen MR) is 88.5 cm³/mol. The molecule has 7 heteroatoms. The van der Waals surface area contributed by atoms with Gasteiger partial charge in [-0.05, 0) is 36.4 Å². The number of benzene rings is 2. The number of rotatable bonds is 5. The number of nitrogen functional groups attached to an aromatic ring is 1. The monoisotopic (exact) mass is 353 g/mol. The van der Waals surface area contributed by atoms with Crippen molar-refractivity contribution in [2.75, 3.05) is 19.5 Å². The largest absolute Gasteiger partial charge is 0.495 e. The Balaban J connectivity index is 2.02. The molecule has 0 amide bonds. The number of methoxy groups -OCH3 is 1. The molecule has 0 aromatic heterocycles. The molecule has 0 fully saturated rings. The molecule has 0 spiro atoms. The number of halogens is 2. The van der Waals surface area contributed by atoms with Gasteiger partial charge in [0.1, 0.15) is 5.75 Å². The van der Waals surface area contributed by atoms with E-state index in [9.17, 15) is 9.59 Å². The summed E-state index contributed by atoms with van der Waals surface area (Å²) < 4.78 is 9.98. The fraction of sp³-hybridized carbons (Fsp3) is 0.125. The number of hydrogen-bond donors (Lipinski definition) is 1. The van der Waals surface area contributed by atoms with Crippen LogP contribution in [0.2, 0.25) is 10.0 Å². The second-order valence-corrected chi connectivity index (χ2v) is 5.40. The van der Waals surface area contributed by atoms with Crippen molar-refractivity contribution in [3.05, 3.63) is 57.6 Å². The summed E-state index contributed by atoms with van der Waals surface area (Å²) in [5.41, 5.74) is 6.41. The maximum absolute atomic E-state index is 12.0. The molecule has 0 aliphatic heterocycles. The van der Waals surface area contributed by atoms with Crippen LogP contribution in [0.1, 0.15) is 20.7 Å². The third-order valence-corrected chi connectivity index (χ3v) is 3.68. The summed E-state index contributed by atoms with van der Waals surface area (Å²) in [6.07, 6.45) is 0. The van der Waals surface area contributed by atoms with E-state index in [1.54, 1.807) is 12.1 Å². The molecule has 0 aliphatic rings. The minimum Gasteiger partial charge on any atom is -0.495 e. The highest BCUT2D eigenvalue weighted by molar-refractivity contribution is 6.33. The van der Waals surface area contributed by atoms with Gasteiger partial charge >= 0.3 is 5.97 Å². The van der Waals surface area contributed by atoms with Gasteiger partial charge in [-0.1, -0.05) is 23.2 Å². The topological polar surface area (TPSA) is 78.6 Å². The van der Waals surface area contributed by atoms with Gasteiger partial charge in [0.05, 0.1) is 28.4 Å². The van der Waals surface area contributed by atoms with E-state index in [4.69, 9.17) is 38.4 Å². The summed E-state index contributed by atoms with van der Waals surface area (Å²) in [5, 5.41) is 0.639. The highest BCUT2D eigenvalue weighted by Gasteiger charge is 2.14. The molecular weight excluding hydrogens is 341 g/mol. The lowest BCUT2D eigenvalue weighted by Gasteiger charge is -2.07. The Kier molecular flexibility index (Phi) is 5.47. The predicted octanol–water partition coefficient (Wildman–Crippen LogP) is 3.62. The lowest BCUT2D eigenvalue weighted by molar-refractivity contribution is 0.0475. The Labute approximate surface area is 142 Å². The van der Waals surface area contributed by atoms with Gasteiger partial charge in [0.25, 0.3) is 0 Å². The molecular formula is C16H13Cl2NO4. The molecule has 0 radical (unpaired) electrons. The lowest BCUT2D eigenvalue weighted by Crippen LogP contribution is -2.14. The van der Waals surface area contributed by atoms with Crippen LogP contribution in [0.15, 0.2) is 36.4 Å². The minimum absolute atomic E-state index is 0.215. The standard InChI is InChI=1S/C16H13Cl2NO4/c1-22-15-5-3-9(6-12(15)18)14(20)8-23-16(21)10-2-4-11(17)13(19)7-10/h2-7H,8,19H2,1H3. The van der Waals surface area contributed by atoms with Crippen molar-refractivity contribution in [3.63, 3.8) is 0 Å². The van der Waals surface area contributed by atoms with Crippen LogP contribution in [-0.4, -0.2) is 25.5 Å². The first-order valence-corrected chi connectivity index (χ1v) is 7.27. The SMILES string of the molecule is COc1ccc(C(=O)COC(=O)c2ccc(Cl)c(N)c2)cc1Cl. The molecule has 2 rings (SSSR count). The fourth-order valence-corrected chi connectivity index (χ4v) is 2.18. The number of hydrogen-bond acceptors (Lipinski definition) is 5. The van der Waals surface area contributed by atoms with Crippen LogP contribution in [0.3, 0.4) is 0 Å². The van der Waals surface area contributed by atoms with E-state index in [0.717, 1.165) is 0 Å². The van der Waals surface area contributed by atoms with Crippen LogP contribution in [0.4, 0.5) is 5.69 Å². The second kappa shape index (κ2) is 7.35. The van der Waals surface area contributed by atoms with Crippen molar-refractivity contribution in [1.29, 1.82) is 0 Å². The zero-order chi connectivity index (χ0) is 17.0. The van der Waals surface area contributed by atoms with Gasteiger partial charge < -0.3 is 15.2 Å². The molecule has 0 saturated heterocycles. The quantitative estimate of drug-likeness (QED) is 0.504. The summed E-state index contributed by atoms with van der Waals surface area (Å²) in [4.78, 5) is 23.9. The molecule has 0 saturated carbocycles. The Morgan fingerprint density at radius 3 is 2.35 bits per heavy atom. The molecule has 0 aliphatic carbocycles. The average Bonchev–Trinajstić information content (AvgIpc) is 2.54. The van der Waals surface area contributed by atoms with Gasteiger partial charge in [0, 0.05) is 5.56 Å². The third-order valence-electron chi connectivity index (χ3n) is 3.04. The number of ketones is 1. The number of esters is 1. The number of ether oxygens (including phenoxy) is 2. The third kappa shape index (κ3) is 4.15. The van der Waals surface area contributed by atoms with Crippen LogP contribution >= 0.6 is 23.2 Å². The zero-order valence-electron chi connectivity index (χ0n) is 12.1. The van der Waals surface area contributed by atoms with Crippen LogP contribution < -0.4 is 10.5 Å². The van der Waals surface area contributed by atoms with Gasteiger partial charge in [-0.3, -0.25) is 4.79 Å². The van der Waals surface area contributed by atoms with Crippen molar-refractivity contribution < 1.29 is 19.1 Å². The molecule has 2 aromatic rings. The fourth-order valence-electron chi connectivity index (χ4n) is 1.81. The van der Waals surface area contributed by atoms with Gasteiger partial charge in [-0.25, -0.2) is 4.79 Å². The molecule has 0 unspecified atom stereocenters. The summed E-state index contributed by atoms with van der Waals surface area (Å²) in [6, 6.07) is 8.91. The van der Waals surface area contributed by atoms with E-state index in [-0.39, 0.29) is 17.0 Å². The number of anilines is 1. The zero-order valence-corrected chi connectivity index (χ0v) is 13.6. The number of nitrogens with two attached hydrogens (primary N) is 1. The van der Waals surface area contributed by atoms with E-state index in [1.807, 2.05) is 0 Å². The highest BCUT2D eigenvalue weighted by atomic mass is 35.5. The summed E-state index contributed by atoms with van der Waals surface area (Å²) >= 11 is 11.7. The van der Waals surface area contributed by atoms with E-state index in [1.165, 1.54) is 31.4 Å². The smallest absolute Gasteiger partial charge is 0.338 e. The van der Waals surface area contributed by atoms with Crippen molar-refractivity contribution in [3.8, 4) is 5.75 Å². The van der Waals surface area contributed by atoms with Gasteiger partial charge in [-0.15, -0.1) is 0 Å². The van der Waals surface area contributed by atoms with Gasteiger partial charge in [0.2, 0.25) is 0 Å². The average molecular weight is 354 g/mol. The maximum atomic E-state index is 12.0. The van der Waals surface area contributed by atoms with E-state index in [2.05, 4.69) is 0 Å². The van der Waals surface area contributed by atoms with Crippen LogP contribution in [0.5, 0.6) is 5.75 Å². The van der Waals surface area contributed by atoms with Gasteiger partial charge in [-0.2, -0.15) is 0 Å². The normalized spacial score (nSPS) is 10.2. The van der Waals surface area contributed by atoms with Crippen LogP contribution in [0.25, 0.3) is 0 Å². The molecule has 2 aromatic carbocycles. The molecule has 2 N–H and O–H groups in total. The number of carbonyl (C=O) groups excluding carboxylic acids is 2. The summed E-state index contributed by atoms with van der Waals surface area (Å²) in [5.74, 6) is -0.594. The first-order valence-electron chi connectivity index (χ1n) is 6.51. The molecule has 120 valence electrons. The first-order chi connectivity index (χ1) is 10.9. The number of Topliss-reactive ketones (excluding diaryl/α,β-unsaturated/α-hetero) is 1. The van der Waals surface area contributed by atoms with Crippen LogP contribution in [0, 0.1) is 0 Å². The Morgan fingerprint density at radius 2 is 1.74 bits per heavy atom. The summed E-state index contributed by atoms with van der Waals surface area (Å²) in [7, 11) is 1.47. The Bertz CT molecular complexity index is 762. The molecule has 0 bridgehead atoms. The highest BCUT2D eigenvalue weighted by Crippen LogP contribution is 2.25. The first kappa shape index (κ1) is 17.1. The van der Waals surface area contributed by atoms with Crippen molar-refractivity contribution in [2.24, 2.45) is 0 Å². The van der Waals surface area contributed by atoms with Crippen molar-refractivity contribution in [1.82, 2.24) is 0 Å². The Hall–Kier alpha value is -2.24. The van der Waals surface area contributed by atoms with Crippen molar-refractivity contribution >= 4 is 40.6 Å². The Morgan fingerprint density at radius 1 is 1.04 bits per heavy atom. The van der Waals surface area contributed by atoms with E-state index in [0.29, 0.717) is 21.4 Å². The maximum Gasteiger partial charge on any atom is 0.338 e. The molecule has 0 atom stereocenters.